The summed E-state index contributed by atoms with van der Waals surface area (Å²) in [6.07, 6.45) is 0.871. The average Bonchev–Trinajstić information content (AvgIpc) is 2.78. The highest BCUT2D eigenvalue weighted by molar-refractivity contribution is 9.10. The summed E-state index contributed by atoms with van der Waals surface area (Å²) in [5.74, 6) is 0.724. The second kappa shape index (κ2) is 6.76. The number of benzene rings is 1. The first-order valence-electron chi connectivity index (χ1n) is 6.69. The molecule has 0 bridgehead atoms. The van der Waals surface area contributed by atoms with Crippen molar-refractivity contribution >= 4 is 21.6 Å². The van der Waals surface area contributed by atoms with Gasteiger partial charge in [-0.05, 0) is 41.4 Å². The van der Waals surface area contributed by atoms with Crippen LogP contribution in [0.25, 0.3) is 0 Å². The zero-order valence-corrected chi connectivity index (χ0v) is 13.9. The SMILES string of the molecule is CCc1nn(C)c(COc2cccc(C(C)=NO)c2)c1Br. The van der Waals surface area contributed by atoms with Crippen molar-refractivity contribution in [2.75, 3.05) is 0 Å². The molecular weight excluding hydrogens is 334 g/mol. The summed E-state index contributed by atoms with van der Waals surface area (Å²) in [4.78, 5) is 0. The lowest BCUT2D eigenvalue weighted by Crippen LogP contribution is -2.04. The van der Waals surface area contributed by atoms with Gasteiger partial charge in [0.25, 0.3) is 0 Å². The minimum Gasteiger partial charge on any atom is -0.487 e. The van der Waals surface area contributed by atoms with Crippen molar-refractivity contribution in [3.63, 3.8) is 0 Å². The zero-order valence-electron chi connectivity index (χ0n) is 12.3. The lowest BCUT2D eigenvalue weighted by Gasteiger charge is -2.08. The van der Waals surface area contributed by atoms with E-state index in [4.69, 9.17) is 9.94 Å². The van der Waals surface area contributed by atoms with Gasteiger partial charge in [0.05, 0.1) is 21.6 Å². The van der Waals surface area contributed by atoms with E-state index < -0.39 is 0 Å². The largest absolute Gasteiger partial charge is 0.487 e. The minimum atomic E-state index is 0.419. The number of ether oxygens (including phenoxy) is 1. The zero-order chi connectivity index (χ0) is 15.4. The van der Waals surface area contributed by atoms with Gasteiger partial charge in [-0.2, -0.15) is 5.10 Å². The Bertz CT molecular complexity index is 665. The number of oxime groups is 1. The highest BCUT2D eigenvalue weighted by Crippen LogP contribution is 2.23. The lowest BCUT2D eigenvalue weighted by molar-refractivity contribution is 0.294. The van der Waals surface area contributed by atoms with Crippen LogP contribution in [0.5, 0.6) is 5.75 Å². The molecule has 2 rings (SSSR count). The molecule has 0 fully saturated rings. The van der Waals surface area contributed by atoms with Gasteiger partial charge in [0, 0.05) is 12.6 Å². The molecule has 1 aromatic heterocycles. The molecule has 0 saturated carbocycles. The van der Waals surface area contributed by atoms with Crippen molar-refractivity contribution in [3.05, 3.63) is 45.7 Å². The van der Waals surface area contributed by atoms with E-state index in [-0.39, 0.29) is 0 Å². The van der Waals surface area contributed by atoms with Crippen LogP contribution in [-0.2, 0) is 20.1 Å². The van der Waals surface area contributed by atoms with Gasteiger partial charge in [-0.3, -0.25) is 4.68 Å². The first kappa shape index (κ1) is 15.6. The molecule has 0 amide bonds. The third-order valence-corrected chi connectivity index (χ3v) is 4.20. The molecule has 1 heterocycles. The first-order chi connectivity index (χ1) is 10.1. The Kier molecular flexibility index (Phi) is 5.01. The van der Waals surface area contributed by atoms with E-state index in [2.05, 4.69) is 33.1 Å². The van der Waals surface area contributed by atoms with E-state index in [1.165, 1.54) is 0 Å². The van der Waals surface area contributed by atoms with E-state index in [0.717, 1.165) is 33.6 Å². The van der Waals surface area contributed by atoms with Crippen LogP contribution in [0.15, 0.2) is 33.9 Å². The third-order valence-electron chi connectivity index (χ3n) is 3.28. The van der Waals surface area contributed by atoms with Crippen molar-refractivity contribution < 1.29 is 9.94 Å². The predicted octanol–water partition coefficient (Wildman–Crippen LogP) is 3.52. The van der Waals surface area contributed by atoms with Crippen molar-refractivity contribution in [2.45, 2.75) is 26.9 Å². The summed E-state index contributed by atoms with van der Waals surface area (Å²) in [5, 5.41) is 16.5. The topological polar surface area (TPSA) is 59.6 Å². The Hall–Kier alpha value is -1.82. The van der Waals surface area contributed by atoms with Gasteiger partial charge in [0.1, 0.15) is 12.4 Å². The lowest BCUT2D eigenvalue weighted by atomic mass is 10.1. The molecule has 0 unspecified atom stereocenters. The maximum Gasteiger partial charge on any atom is 0.131 e. The molecule has 5 nitrogen and oxygen atoms in total. The Morgan fingerprint density at radius 1 is 1.48 bits per heavy atom. The van der Waals surface area contributed by atoms with E-state index in [1.54, 1.807) is 6.92 Å². The molecule has 1 N–H and O–H groups in total. The number of halogens is 1. The van der Waals surface area contributed by atoms with Gasteiger partial charge in [0.15, 0.2) is 0 Å². The van der Waals surface area contributed by atoms with Crippen molar-refractivity contribution in [3.8, 4) is 5.75 Å². The van der Waals surface area contributed by atoms with E-state index >= 15 is 0 Å². The third kappa shape index (κ3) is 3.44. The van der Waals surface area contributed by atoms with Crippen LogP contribution in [0.2, 0.25) is 0 Å². The fourth-order valence-electron chi connectivity index (χ4n) is 2.00. The monoisotopic (exact) mass is 351 g/mol. The Morgan fingerprint density at radius 3 is 2.86 bits per heavy atom. The van der Waals surface area contributed by atoms with Gasteiger partial charge in [-0.15, -0.1) is 0 Å². The molecule has 0 aliphatic rings. The van der Waals surface area contributed by atoms with Crippen LogP contribution < -0.4 is 4.74 Å². The molecule has 0 aliphatic carbocycles. The van der Waals surface area contributed by atoms with Gasteiger partial charge in [0.2, 0.25) is 0 Å². The summed E-state index contributed by atoms with van der Waals surface area (Å²) in [6, 6.07) is 7.46. The number of aryl methyl sites for hydroxylation is 2. The van der Waals surface area contributed by atoms with Crippen LogP contribution in [-0.4, -0.2) is 20.7 Å². The van der Waals surface area contributed by atoms with E-state index in [0.29, 0.717) is 12.3 Å². The van der Waals surface area contributed by atoms with Crippen LogP contribution in [0, 0.1) is 0 Å². The molecule has 0 saturated heterocycles. The molecule has 2 aromatic rings. The summed E-state index contributed by atoms with van der Waals surface area (Å²) in [7, 11) is 1.90. The number of rotatable bonds is 5. The summed E-state index contributed by atoms with van der Waals surface area (Å²) >= 11 is 3.57. The second-order valence-corrected chi connectivity index (χ2v) is 5.48. The fourth-order valence-corrected chi connectivity index (χ4v) is 2.73. The number of hydrogen-bond donors (Lipinski definition) is 1. The van der Waals surface area contributed by atoms with E-state index in [1.807, 2.05) is 36.0 Å². The second-order valence-electron chi connectivity index (χ2n) is 4.69. The molecule has 6 heteroatoms. The molecule has 112 valence electrons. The van der Waals surface area contributed by atoms with Crippen LogP contribution >= 0.6 is 15.9 Å². The molecule has 0 radical (unpaired) electrons. The number of nitrogens with zero attached hydrogens (tertiary/aromatic N) is 3. The normalized spacial score (nSPS) is 11.7. The van der Waals surface area contributed by atoms with Crippen LogP contribution in [0.4, 0.5) is 0 Å². The molecule has 0 spiro atoms. The van der Waals surface area contributed by atoms with Crippen LogP contribution in [0.3, 0.4) is 0 Å². The number of hydrogen-bond acceptors (Lipinski definition) is 4. The Morgan fingerprint density at radius 2 is 2.24 bits per heavy atom. The smallest absolute Gasteiger partial charge is 0.131 e. The summed E-state index contributed by atoms with van der Waals surface area (Å²) < 4.78 is 8.64. The molecule has 21 heavy (non-hydrogen) atoms. The maximum atomic E-state index is 8.82. The molecule has 0 atom stereocenters. The standard InChI is InChI=1S/C15H18BrN3O2/c1-4-13-15(16)14(19(3)17-13)9-21-12-7-5-6-11(8-12)10(2)18-20/h5-8,20H,4,9H2,1-3H3. The molecular formula is C15H18BrN3O2. The molecule has 0 aliphatic heterocycles. The van der Waals surface area contributed by atoms with Gasteiger partial charge in [-0.25, -0.2) is 0 Å². The predicted molar refractivity (Wildman–Crippen MR) is 85.1 cm³/mol. The average molecular weight is 352 g/mol. The quantitative estimate of drug-likeness (QED) is 0.509. The van der Waals surface area contributed by atoms with Crippen molar-refractivity contribution in [1.82, 2.24) is 9.78 Å². The summed E-state index contributed by atoms with van der Waals surface area (Å²) in [6.45, 7) is 4.23. The molecule has 1 aromatic carbocycles. The Labute approximate surface area is 132 Å². The van der Waals surface area contributed by atoms with Gasteiger partial charge in [-0.1, -0.05) is 24.2 Å². The Balaban J connectivity index is 2.15. The summed E-state index contributed by atoms with van der Waals surface area (Å²) in [5.41, 5.74) is 3.39. The highest BCUT2D eigenvalue weighted by Gasteiger charge is 2.13. The van der Waals surface area contributed by atoms with Crippen molar-refractivity contribution in [2.24, 2.45) is 12.2 Å². The first-order valence-corrected chi connectivity index (χ1v) is 7.48. The van der Waals surface area contributed by atoms with Gasteiger partial charge < -0.3 is 9.94 Å². The van der Waals surface area contributed by atoms with Gasteiger partial charge >= 0.3 is 0 Å². The maximum absolute atomic E-state index is 8.82. The fraction of sp³-hybridized carbons (Fsp3) is 0.333. The van der Waals surface area contributed by atoms with E-state index in [9.17, 15) is 0 Å². The van der Waals surface area contributed by atoms with Crippen molar-refractivity contribution in [1.29, 1.82) is 0 Å². The number of aromatic nitrogens is 2. The van der Waals surface area contributed by atoms with Crippen LogP contribution in [0.1, 0.15) is 30.8 Å². The minimum absolute atomic E-state index is 0.419. The highest BCUT2D eigenvalue weighted by atomic mass is 79.9.